The number of aliphatic carboxylic acids is 1. The molecule has 0 radical (unpaired) electrons. The summed E-state index contributed by atoms with van der Waals surface area (Å²) in [5, 5.41) is 10.9. The predicted octanol–water partition coefficient (Wildman–Crippen LogP) is -1.39. The molecule has 0 spiro atoms. The number of carbonyl (C=O) groups excluding carboxylic acids is 2. The number of hydrogen-bond acceptors (Lipinski definition) is 5. The monoisotopic (exact) mass is 230 g/mol. The summed E-state index contributed by atoms with van der Waals surface area (Å²) in [5.41, 5.74) is 4.37. The Morgan fingerprint density at radius 2 is 2.06 bits per heavy atom. The highest BCUT2D eigenvalue weighted by atomic mass is 16.5. The van der Waals surface area contributed by atoms with Crippen LogP contribution in [-0.4, -0.2) is 41.6 Å². The van der Waals surface area contributed by atoms with Gasteiger partial charge in [-0.05, 0) is 12.8 Å². The maximum Gasteiger partial charge on any atom is 0.331 e. The standard InChI is InChI=1S/C9H14N2O5/c1-16-8(15)9(2-3-9)11-7(14)5(10)4-6(12)13/h5H,2-4,10H2,1H3,(H,11,14)(H,12,13)/t5-/m0/s1. The van der Waals surface area contributed by atoms with Crippen molar-refractivity contribution < 1.29 is 24.2 Å². The van der Waals surface area contributed by atoms with Gasteiger partial charge >= 0.3 is 11.9 Å². The van der Waals surface area contributed by atoms with E-state index in [4.69, 9.17) is 10.8 Å². The van der Waals surface area contributed by atoms with Gasteiger partial charge in [-0.1, -0.05) is 0 Å². The van der Waals surface area contributed by atoms with Crippen LogP contribution in [0.1, 0.15) is 19.3 Å². The van der Waals surface area contributed by atoms with Gasteiger partial charge in [-0.3, -0.25) is 9.59 Å². The predicted molar refractivity (Wildman–Crippen MR) is 52.4 cm³/mol. The van der Waals surface area contributed by atoms with Crippen molar-refractivity contribution in [2.24, 2.45) is 5.73 Å². The fourth-order valence-corrected chi connectivity index (χ4v) is 1.31. The number of carbonyl (C=O) groups is 3. The highest BCUT2D eigenvalue weighted by Gasteiger charge is 2.52. The van der Waals surface area contributed by atoms with E-state index in [9.17, 15) is 14.4 Å². The van der Waals surface area contributed by atoms with Gasteiger partial charge in [0.15, 0.2) is 0 Å². The summed E-state index contributed by atoms with van der Waals surface area (Å²) in [6, 6.07) is -1.15. The van der Waals surface area contributed by atoms with E-state index in [1.165, 1.54) is 7.11 Å². The van der Waals surface area contributed by atoms with Crippen LogP contribution in [0.2, 0.25) is 0 Å². The molecule has 0 aromatic heterocycles. The van der Waals surface area contributed by atoms with E-state index in [0.29, 0.717) is 12.8 Å². The van der Waals surface area contributed by atoms with Crippen molar-refractivity contribution in [2.45, 2.75) is 30.8 Å². The van der Waals surface area contributed by atoms with Gasteiger partial charge in [0.1, 0.15) is 5.54 Å². The lowest BCUT2D eigenvalue weighted by molar-refractivity contribution is -0.146. The van der Waals surface area contributed by atoms with Crippen molar-refractivity contribution in [3.63, 3.8) is 0 Å². The third kappa shape index (κ3) is 2.69. The van der Waals surface area contributed by atoms with Crippen molar-refractivity contribution in [3.8, 4) is 0 Å². The number of nitrogens with one attached hydrogen (secondary N) is 1. The Kier molecular flexibility index (Phi) is 3.48. The molecule has 0 unspecified atom stereocenters. The number of nitrogens with two attached hydrogens (primary N) is 1. The van der Waals surface area contributed by atoms with E-state index < -0.39 is 35.8 Å². The molecule has 0 saturated heterocycles. The number of rotatable bonds is 5. The number of ether oxygens (including phenoxy) is 1. The minimum Gasteiger partial charge on any atom is -0.481 e. The van der Waals surface area contributed by atoms with Gasteiger partial charge in [-0.15, -0.1) is 0 Å². The molecule has 0 bridgehead atoms. The number of hydrogen-bond donors (Lipinski definition) is 3. The third-order valence-electron chi connectivity index (χ3n) is 2.42. The molecule has 1 fully saturated rings. The second-order valence-corrected chi connectivity index (χ2v) is 3.77. The molecular formula is C9H14N2O5. The second kappa shape index (κ2) is 4.48. The van der Waals surface area contributed by atoms with Crippen LogP contribution in [0.25, 0.3) is 0 Å². The molecule has 0 aromatic carbocycles. The Bertz CT molecular complexity index is 324. The number of methoxy groups -OCH3 is 1. The highest BCUT2D eigenvalue weighted by molar-refractivity contribution is 5.93. The molecule has 0 aromatic rings. The smallest absolute Gasteiger partial charge is 0.331 e. The van der Waals surface area contributed by atoms with Crippen LogP contribution in [0.15, 0.2) is 0 Å². The zero-order chi connectivity index (χ0) is 12.3. The van der Waals surface area contributed by atoms with Crippen LogP contribution in [0, 0.1) is 0 Å². The summed E-state index contributed by atoms with van der Waals surface area (Å²) in [6.45, 7) is 0. The molecule has 0 heterocycles. The first-order valence-electron chi connectivity index (χ1n) is 4.79. The summed E-state index contributed by atoms with van der Waals surface area (Å²) in [6.07, 6.45) is 0.513. The number of esters is 1. The topological polar surface area (TPSA) is 119 Å². The second-order valence-electron chi connectivity index (χ2n) is 3.77. The molecule has 7 nitrogen and oxygen atoms in total. The van der Waals surface area contributed by atoms with Gasteiger partial charge in [0.25, 0.3) is 0 Å². The van der Waals surface area contributed by atoms with E-state index in [-0.39, 0.29) is 0 Å². The number of amides is 1. The van der Waals surface area contributed by atoms with Crippen LogP contribution >= 0.6 is 0 Å². The summed E-state index contributed by atoms with van der Waals surface area (Å²) in [7, 11) is 1.23. The molecule has 1 aliphatic carbocycles. The Balaban J connectivity index is 2.51. The zero-order valence-electron chi connectivity index (χ0n) is 8.86. The van der Waals surface area contributed by atoms with Crippen LogP contribution < -0.4 is 11.1 Å². The highest BCUT2D eigenvalue weighted by Crippen LogP contribution is 2.36. The Labute approximate surface area is 91.9 Å². The molecule has 16 heavy (non-hydrogen) atoms. The van der Waals surface area contributed by atoms with E-state index in [0.717, 1.165) is 0 Å². The fourth-order valence-electron chi connectivity index (χ4n) is 1.31. The summed E-state index contributed by atoms with van der Waals surface area (Å²) >= 11 is 0. The molecular weight excluding hydrogens is 216 g/mol. The summed E-state index contributed by atoms with van der Waals surface area (Å²) in [4.78, 5) is 33.1. The van der Waals surface area contributed by atoms with Crippen molar-refractivity contribution in [3.05, 3.63) is 0 Å². The van der Waals surface area contributed by atoms with Crippen molar-refractivity contribution in [2.75, 3.05) is 7.11 Å². The molecule has 1 saturated carbocycles. The van der Waals surface area contributed by atoms with Gasteiger partial charge in [0, 0.05) is 0 Å². The molecule has 1 amide bonds. The molecule has 1 aliphatic rings. The molecule has 4 N–H and O–H groups in total. The minimum absolute atomic E-state index is 0.469. The van der Waals surface area contributed by atoms with E-state index >= 15 is 0 Å². The lowest BCUT2D eigenvalue weighted by Crippen LogP contribution is -2.51. The Morgan fingerprint density at radius 3 is 2.44 bits per heavy atom. The normalized spacial score (nSPS) is 18.4. The molecule has 7 heteroatoms. The van der Waals surface area contributed by atoms with Gasteiger partial charge in [0.05, 0.1) is 19.6 Å². The van der Waals surface area contributed by atoms with E-state index in [2.05, 4.69) is 10.1 Å². The quantitative estimate of drug-likeness (QED) is 0.500. The van der Waals surface area contributed by atoms with Gasteiger partial charge < -0.3 is 20.9 Å². The average Bonchev–Trinajstić information content (AvgIpc) is 2.96. The Morgan fingerprint density at radius 1 is 1.50 bits per heavy atom. The van der Waals surface area contributed by atoms with Crippen molar-refractivity contribution >= 4 is 17.8 Å². The summed E-state index contributed by atoms with van der Waals surface area (Å²) in [5.74, 6) is -2.33. The first-order chi connectivity index (χ1) is 7.41. The van der Waals surface area contributed by atoms with Crippen molar-refractivity contribution in [1.29, 1.82) is 0 Å². The van der Waals surface area contributed by atoms with Crippen LogP contribution in [0.5, 0.6) is 0 Å². The fraction of sp³-hybridized carbons (Fsp3) is 0.667. The average molecular weight is 230 g/mol. The number of carboxylic acids is 1. The molecule has 1 rings (SSSR count). The third-order valence-corrected chi connectivity index (χ3v) is 2.42. The lowest BCUT2D eigenvalue weighted by atomic mass is 10.2. The number of carboxylic acid groups (broad SMARTS) is 1. The maximum absolute atomic E-state index is 11.4. The first-order valence-corrected chi connectivity index (χ1v) is 4.79. The lowest BCUT2D eigenvalue weighted by Gasteiger charge is -2.17. The first kappa shape index (κ1) is 12.4. The summed E-state index contributed by atoms with van der Waals surface area (Å²) < 4.78 is 4.53. The zero-order valence-corrected chi connectivity index (χ0v) is 8.86. The van der Waals surface area contributed by atoms with E-state index in [1.807, 2.05) is 0 Å². The largest absolute Gasteiger partial charge is 0.481 e. The van der Waals surface area contributed by atoms with Crippen molar-refractivity contribution in [1.82, 2.24) is 5.32 Å². The van der Waals surface area contributed by atoms with E-state index in [1.54, 1.807) is 0 Å². The minimum atomic E-state index is -1.16. The maximum atomic E-state index is 11.4. The molecule has 0 aliphatic heterocycles. The SMILES string of the molecule is COC(=O)C1(NC(=O)[C@@H](N)CC(=O)O)CC1. The van der Waals surface area contributed by atoms with Crippen LogP contribution in [-0.2, 0) is 19.1 Å². The molecule has 1 atom stereocenters. The van der Waals surface area contributed by atoms with Gasteiger partial charge in [-0.25, -0.2) is 4.79 Å². The molecule has 90 valence electrons. The van der Waals surface area contributed by atoms with Gasteiger partial charge in [-0.2, -0.15) is 0 Å². The van der Waals surface area contributed by atoms with Gasteiger partial charge in [0.2, 0.25) is 5.91 Å². The van der Waals surface area contributed by atoms with Crippen LogP contribution in [0.3, 0.4) is 0 Å². The van der Waals surface area contributed by atoms with Crippen LogP contribution in [0.4, 0.5) is 0 Å². The Hall–Kier alpha value is -1.63.